The van der Waals surface area contributed by atoms with Crippen molar-refractivity contribution in [2.45, 2.75) is 57.5 Å². The lowest BCUT2D eigenvalue weighted by atomic mass is 9.74. The van der Waals surface area contributed by atoms with Crippen LogP contribution in [-0.4, -0.2) is 6.10 Å². The van der Waals surface area contributed by atoms with Gasteiger partial charge in [0.15, 0.2) is 0 Å². The number of fused-ring (bicyclic) bond motifs is 5. The summed E-state index contributed by atoms with van der Waals surface area (Å²) in [5, 5.41) is 0. The van der Waals surface area contributed by atoms with Crippen LogP contribution >= 0.6 is 0 Å². The van der Waals surface area contributed by atoms with Crippen molar-refractivity contribution >= 4 is 0 Å². The topological polar surface area (TPSA) is 9.23 Å². The van der Waals surface area contributed by atoms with Gasteiger partial charge in [-0.15, -0.1) is 0 Å². The minimum absolute atomic E-state index is 0.440. The summed E-state index contributed by atoms with van der Waals surface area (Å²) in [6.07, 6.45) is 12.1. The van der Waals surface area contributed by atoms with E-state index in [1.54, 1.807) is 0 Å². The lowest BCUT2D eigenvalue weighted by molar-refractivity contribution is 0.0245. The quantitative estimate of drug-likeness (QED) is 0.622. The maximum atomic E-state index is 6.27. The van der Waals surface area contributed by atoms with E-state index in [4.69, 9.17) is 4.74 Å². The van der Waals surface area contributed by atoms with Gasteiger partial charge in [-0.1, -0.05) is 13.2 Å². The van der Waals surface area contributed by atoms with E-state index in [2.05, 4.69) is 13.2 Å². The number of hydrogen-bond acceptors (Lipinski definition) is 1. The molecule has 0 radical (unpaired) electrons. The van der Waals surface area contributed by atoms with E-state index in [0.29, 0.717) is 17.4 Å². The summed E-state index contributed by atoms with van der Waals surface area (Å²) in [4.78, 5) is 0. The summed E-state index contributed by atoms with van der Waals surface area (Å²) in [6, 6.07) is 0. The molecule has 4 aliphatic carbocycles. The molecule has 1 nitrogen and oxygen atoms in total. The molecule has 4 saturated carbocycles. The Balaban J connectivity index is 1.60. The zero-order chi connectivity index (χ0) is 12.8. The highest BCUT2D eigenvalue weighted by Gasteiger charge is 2.68. The van der Waals surface area contributed by atoms with E-state index >= 15 is 0 Å². The lowest BCUT2D eigenvalue weighted by Gasteiger charge is -2.33. The van der Waals surface area contributed by atoms with Gasteiger partial charge < -0.3 is 4.74 Å². The van der Waals surface area contributed by atoms with E-state index in [9.17, 15) is 0 Å². The predicted octanol–water partition coefficient (Wildman–Crippen LogP) is 4.45. The van der Waals surface area contributed by atoms with Crippen molar-refractivity contribution in [3.05, 3.63) is 24.5 Å². The molecule has 1 heteroatoms. The molecule has 0 amide bonds. The third kappa shape index (κ3) is 1.23. The van der Waals surface area contributed by atoms with E-state index < -0.39 is 0 Å². The summed E-state index contributed by atoms with van der Waals surface area (Å²) in [5.41, 5.74) is 2.63. The van der Waals surface area contributed by atoms with E-state index in [-0.39, 0.29) is 0 Å². The number of rotatable bonds is 0. The van der Waals surface area contributed by atoms with Crippen molar-refractivity contribution in [2.24, 2.45) is 28.6 Å². The average molecular weight is 256 g/mol. The monoisotopic (exact) mass is 256 g/mol. The highest BCUT2D eigenvalue weighted by atomic mass is 16.5. The molecule has 1 heterocycles. The number of allylic oxidation sites excluding steroid dienone is 1. The van der Waals surface area contributed by atoms with Gasteiger partial charge in [-0.05, 0) is 73.7 Å². The van der Waals surface area contributed by atoms with Gasteiger partial charge in [0, 0.05) is 11.8 Å². The minimum atomic E-state index is 0.440. The zero-order valence-corrected chi connectivity index (χ0v) is 11.8. The van der Waals surface area contributed by atoms with Crippen LogP contribution in [0.25, 0.3) is 0 Å². The SMILES string of the molecule is C=C1OC2C(CCC3(CC3)C3CCC4(CC4)C23)C1=C. The minimum Gasteiger partial charge on any atom is -0.490 e. The van der Waals surface area contributed by atoms with Gasteiger partial charge in [-0.2, -0.15) is 0 Å². The normalized spacial score (nSPS) is 47.8. The largest absolute Gasteiger partial charge is 0.490 e. The Morgan fingerprint density at radius 1 is 0.895 bits per heavy atom. The summed E-state index contributed by atoms with van der Waals surface area (Å²) in [5.74, 6) is 3.29. The first-order chi connectivity index (χ1) is 9.15. The van der Waals surface area contributed by atoms with Crippen LogP contribution in [0.15, 0.2) is 24.5 Å². The third-order valence-electron chi connectivity index (χ3n) is 7.45. The molecule has 0 aromatic rings. The summed E-state index contributed by atoms with van der Waals surface area (Å²) in [7, 11) is 0. The molecule has 0 bridgehead atoms. The first kappa shape index (κ1) is 11.0. The fraction of sp³-hybridized carbons (Fsp3) is 0.778. The Hall–Kier alpha value is -0.720. The van der Waals surface area contributed by atoms with Crippen molar-refractivity contribution in [2.75, 3.05) is 0 Å². The van der Waals surface area contributed by atoms with Gasteiger partial charge in [0.2, 0.25) is 0 Å². The molecule has 5 aliphatic rings. The van der Waals surface area contributed by atoms with E-state index in [1.165, 1.54) is 56.9 Å². The van der Waals surface area contributed by atoms with Crippen LogP contribution < -0.4 is 0 Å². The highest BCUT2D eigenvalue weighted by Crippen LogP contribution is 2.75. The molecule has 102 valence electrons. The Labute approximate surface area is 116 Å². The fourth-order valence-corrected chi connectivity index (χ4v) is 6.02. The molecule has 5 rings (SSSR count). The molecule has 1 saturated heterocycles. The van der Waals surface area contributed by atoms with Crippen molar-refractivity contribution in [1.29, 1.82) is 0 Å². The summed E-state index contributed by atoms with van der Waals surface area (Å²) in [6.45, 7) is 8.39. The lowest BCUT2D eigenvalue weighted by Crippen LogP contribution is -2.34. The fourth-order valence-electron chi connectivity index (χ4n) is 6.02. The molecular formula is C18H24O. The van der Waals surface area contributed by atoms with Gasteiger partial charge in [-0.25, -0.2) is 0 Å². The van der Waals surface area contributed by atoms with Crippen molar-refractivity contribution in [3.8, 4) is 0 Å². The summed E-state index contributed by atoms with van der Waals surface area (Å²) < 4.78 is 6.27. The van der Waals surface area contributed by atoms with E-state index in [1.807, 2.05) is 0 Å². The smallest absolute Gasteiger partial charge is 0.115 e. The van der Waals surface area contributed by atoms with Crippen LogP contribution in [0.2, 0.25) is 0 Å². The van der Waals surface area contributed by atoms with Crippen LogP contribution in [0.1, 0.15) is 51.4 Å². The molecule has 4 atom stereocenters. The van der Waals surface area contributed by atoms with Gasteiger partial charge in [-0.3, -0.25) is 0 Å². The van der Waals surface area contributed by atoms with Crippen molar-refractivity contribution in [1.82, 2.24) is 0 Å². The second-order valence-electron chi connectivity index (χ2n) is 8.07. The standard InChI is InChI=1S/C18H24O/c1-11-12(2)19-16-13(11)3-5-17(7-8-17)14-4-6-18(9-10-18)15(14)16/h13-16H,1-10H2. The van der Waals surface area contributed by atoms with Gasteiger partial charge in [0.25, 0.3) is 0 Å². The molecule has 0 aromatic carbocycles. The third-order valence-corrected chi connectivity index (χ3v) is 7.45. The molecule has 0 N–H and O–H groups in total. The molecular weight excluding hydrogens is 232 g/mol. The molecule has 5 fully saturated rings. The van der Waals surface area contributed by atoms with Crippen LogP contribution in [-0.2, 0) is 4.74 Å². The molecule has 2 spiro atoms. The van der Waals surface area contributed by atoms with Gasteiger partial charge >= 0.3 is 0 Å². The van der Waals surface area contributed by atoms with Crippen molar-refractivity contribution in [3.63, 3.8) is 0 Å². The molecule has 19 heavy (non-hydrogen) atoms. The Morgan fingerprint density at radius 2 is 1.58 bits per heavy atom. The maximum Gasteiger partial charge on any atom is 0.115 e. The Kier molecular flexibility index (Phi) is 1.81. The molecule has 0 aromatic heterocycles. The van der Waals surface area contributed by atoms with Gasteiger partial charge in [0.1, 0.15) is 11.9 Å². The first-order valence-corrected chi connectivity index (χ1v) is 8.20. The van der Waals surface area contributed by atoms with E-state index in [0.717, 1.165) is 23.0 Å². The second kappa shape index (κ2) is 3.13. The van der Waals surface area contributed by atoms with Crippen LogP contribution in [0.4, 0.5) is 0 Å². The van der Waals surface area contributed by atoms with Gasteiger partial charge in [0.05, 0.1) is 0 Å². The second-order valence-corrected chi connectivity index (χ2v) is 8.07. The number of ether oxygens (including phenoxy) is 1. The number of hydrogen-bond donors (Lipinski definition) is 0. The maximum absolute atomic E-state index is 6.27. The molecule has 1 aliphatic heterocycles. The zero-order valence-electron chi connectivity index (χ0n) is 11.8. The summed E-state index contributed by atoms with van der Waals surface area (Å²) >= 11 is 0. The van der Waals surface area contributed by atoms with Crippen LogP contribution in [0.3, 0.4) is 0 Å². The Morgan fingerprint density at radius 3 is 2.26 bits per heavy atom. The predicted molar refractivity (Wildman–Crippen MR) is 75.4 cm³/mol. The average Bonchev–Trinajstić information content (AvgIpc) is 3.26. The highest BCUT2D eigenvalue weighted by molar-refractivity contribution is 5.32. The van der Waals surface area contributed by atoms with Crippen LogP contribution in [0.5, 0.6) is 0 Å². The Bertz CT molecular complexity index is 480. The van der Waals surface area contributed by atoms with Crippen LogP contribution in [0, 0.1) is 28.6 Å². The van der Waals surface area contributed by atoms with Crippen molar-refractivity contribution < 1.29 is 4.74 Å². The molecule has 4 unspecified atom stereocenters. The first-order valence-electron chi connectivity index (χ1n) is 8.20.